The highest BCUT2D eigenvalue weighted by Gasteiger charge is 2.44. The summed E-state index contributed by atoms with van der Waals surface area (Å²) < 4.78 is 12.7. The quantitative estimate of drug-likeness (QED) is 0.687. The monoisotopic (exact) mass is 379 g/mol. The van der Waals surface area contributed by atoms with Crippen LogP contribution in [0, 0.1) is 0 Å². The molecule has 2 aromatic heterocycles. The van der Waals surface area contributed by atoms with Crippen LogP contribution in [0.3, 0.4) is 0 Å². The molecule has 6 nitrogen and oxygen atoms in total. The lowest BCUT2D eigenvalue weighted by Crippen LogP contribution is -2.37. The Labute approximate surface area is 128 Å². The van der Waals surface area contributed by atoms with Crippen molar-refractivity contribution in [1.82, 2.24) is 9.97 Å². The Kier molecular flexibility index (Phi) is 4.51. The summed E-state index contributed by atoms with van der Waals surface area (Å²) in [5, 5.41) is 2.41. The van der Waals surface area contributed by atoms with E-state index in [2.05, 4.69) is 31.2 Å². The van der Waals surface area contributed by atoms with Gasteiger partial charge in [-0.15, -0.1) is 11.3 Å². The van der Waals surface area contributed by atoms with Crippen LogP contribution in [0.4, 0.5) is 5.82 Å². The van der Waals surface area contributed by atoms with E-state index in [1.807, 2.05) is 6.07 Å². The second kappa shape index (κ2) is 5.69. The zero-order valence-corrected chi connectivity index (χ0v) is 14.3. The van der Waals surface area contributed by atoms with Crippen molar-refractivity contribution in [1.29, 1.82) is 0 Å². The van der Waals surface area contributed by atoms with E-state index in [4.69, 9.17) is 0 Å². The van der Waals surface area contributed by atoms with Gasteiger partial charge in [-0.3, -0.25) is 4.57 Å². The SMILES string of the molecule is CCC(CC)(Nc1ncnc2sc(Br)cc12)P(=O)(O)O. The van der Waals surface area contributed by atoms with Crippen molar-refractivity contribution < 1.29 is 14.4 Å². The predicted octanol–water partition coefficient (Wildman–Crippen LogP) is 3.56. The Balaban J connectivity index is 2.52. The number of hydrogen-bond acceptors (Lipinski definition) is 5. The van der Waals surface area contributed by atoms with Gasteiger partial charge >= 0.3 is 7.60 Å². The molecule has 0 bridgehead atoms. The second-order valence-electron chi connectivity index (χ2n) is 4.40. The van der Waals surface area contributed by atoms with E-state index in [-0.39, 0.29) is 0 Å². The molecule has 0 spiro atoms. The van der Waals surface area contributed by atoms with Crippen molar-refractivity contribution in [3.05, 3.63) is 16.2 Å². The topological polar surface area (TPSA) is 95.3 Å². The smallest absolute Gasteiger partial charge is 0.350 e. The molecule has 110 valence electrons. The summed E-state index contributed by atoms with van der Waals surface area (Å²) in [6.45, 7) is 3.50. The maximum absolute atomic E-state index is 11.8. The van der Waals surface area contributed by atoms with E-state index in [1.54, 1.807) is 13.8 Å². The fraction of sp³-hybridized carbons (Fsp3) is 0.455. The number of anilines is 1. The number of hydrogen-bond donors (Lipinski definition) is 3. The first-order valence-corrected chi connectivity index (χ1v) is 9.29. The summed E-state index contributed by atoms with van der Waals surface area (Å²) in [7, 11) is -4.32. The first-order chi connectivity index (χ1) is 9.33. The summed E-state index contributed by atoms with van der Waals surface area (Å²) in [6, 6.07) is 1.85. The van der Waals surface area contributed by atoms with Gasteiger partial charge in [-0.2, -0.15) is 0 Å². The third-order valence-electron chi connectivity index (χ3n) is 3.38. The van der Waals surface area contributed by atoms with Gasteiger partial charge in [0, 0.05) is 0 Å². The van der Waals surface area contributed by atoms with E-state index in [1.165, 1.54) is 17.7 Å². The highest BCUT2D eigenvalue weighted by Crippen LogP contribution is 2.54. The van der Waals surface area contributed by atoms with Crippen LogP contribution in [0.1, 0.15) is 26.7 Å². The van der Waals surface area contributed by atoms with Crippen LogP contribution in [0.15, 0.2) is 16.2 Å². The summed E-state index contributed by atoms with van der Waals surface area (Å²) in [4.78, 5) is 28.4. The van der Waals surface area contributed by atoms with Crippen LogP contribution in [-0.4, -0.2) is 25.0 Å². The van der Waals surface area contributed by atoms with Gasteiger partial charge in [0.25, 0.3) is 0 Å². The zero-order chi connectivity index (χ0) is 15.0. The maximum Gasteiger partial charge on any atom is 0.350 e. The Hall–Kier alpha value is -0.530. The number of nitrogens with one attached hydrogen (secondary N) is 1. The van der Waals surface area contributed by atoms with Gasteiger partial charge in [-0.05, 0) is 34.8 Å². The third kappa shape index (κ3) is 2.76. The molecular weight excluding hydrogens is 365 g/mol. The Morgan fingerprint density at radius 3 is 2.60 bits per heavy atom. The highest BCUT2D eigenvalue weighted by atomic mass is 79.9. The molecule has 9 heteroatoms. The number of fused-ring (bicyclic) bond motifs is 1. The number of thiophene rings is 1. The fourth-order valence-corrected chi connectivity index (χ4v) is 4.55. The maximum atomic E-state index is 11.8. The summed E-state index contributed by atoms with van der Waals surface area (Å²) in [5.41, 5.74) is 0. The molecule has 0 aromatic carbocycles. The van der Waals surface area contributed by atoms with E-state index >= 15 is 0 Å². The van der Waals surface area contributed by atoms with Crippen molar-refractivity contribution in [3.63, 3.8) is 0 Å². The van der Waals surface area contributed by atoms with Crippen LogP contribution in [0.5, 0.6) is 0 Å². The number of aromatic nitrogens is 2. The zero-order valence-electron chi connectivity index (χ0n) is 11.0. The normalized spacial score (nSPS) is 12.8. The average Bonchev–Trinajstić information content (AvgIpc) is 2.75. The minimum atomic E-state index is -4.32. The number of halogens is 1. The highest BCUT2D eigenvalue weighted by molar-refractivity contribution is 9.11. The Bertz CT molecular complexity index is 668. The Morgan fingerprint density at radius 1 is 1.40 bits per heavy atom. The van der Waals surface area contributed by atoms with E-state index < -0.39 is 12.9 Å². The molecule has 2 aromatic rings. The van der Waals surface area contributed by atoms with Crippen LogP contribution < -0.4 is 5.32 Å². The van der Waals surface area contributed by atoms with Crippen LogP contribution in [-0.2, 0) is 4.57 Å². The van der Waals surface area contributed by atoms with Gasteiger partial charge in [0.15, 0.2) is 0 Å². The van der Waals surface area contributed by atoms with Crippen LogP contribution in [0.2, 0.25) is 0 Å². The first-order valence-electron chi connectivity index (χ1n) is 6.07. The predicted molar refractivity (Wildman–Crippen MR) is 84.1 cm³/mol. The van der Waals surface area contributed by atoms with Crippen LogP contribution >= 0.6 is 34.9 Å². The molecule has 0 radical (unpaired) electrons. The molecule has 0 atom stereocenters. The molecule has 20 heavy (non-hydrogen) atoms. The molecule has 0 aliphatic heterocycles. The molecule has 2 heterocycles. The van der Waals surface area contributed by atoms with Crippen LogP contribution in [0.25, 0.3) is 10.2 Å². The van der Waals surface area contributed by atoms with Crippen molar-refractivity contribution in [2.75, 3.05) is 5.32 Å². The largest absolute Gasteiger partial charge is 0.353 e. The van der Waals surface area contributed by atoms with Gasteiger partial charge in [-0.1, -0.05) is 13.8 Å². The van der Waals surface area contributed by atoms with E-state index in [0.717, 1.165) is 14.0 Å². The molecular formula is C11H15BrN3O3PS. The fourth-order valence-electron chi connectivity index (χ4n) is 2.06. The third-order valence-corrected chi connectivity index (χ3v) is 6.78. The molecule has 3 N–H and O–H groups in total. The first kappa shape index (κ1) is 15.9. The van der Waals surface area contributed by atoms with Crippen molar-refractivity contribution in [2.45, 2.75) is 32.0 Å². The van der Waals surface area contributed by atoms with Crippen molar-refractivity contribution in [3.8, 4) is 0 Å². The molecule has 0 saturated heterocycles. The molecule has 0 fully saturated rings. The van der Waals surface area contributed by atoms with E-state index in [9.17, 15) is 14.4 Å². The lowest BCUT2D eigenvalue weighted by atomic mass is 10.1. The summed E-state index contributed by atoms with van der Waals surface area (Å²) >= 11 is 4.83. The minimum absolute atomic E-state index is 0.296. The number of rotatable bonds is 5. The van der Waals surface area contributed by atoms with Gasteiger partial charge in [0.2, 0.25) is 0 Å². The van der Waals surface area contributed by atoms with E-state index in [0.29, 0.717) is 18.7 Å². The van der Waals surface area contributed by atoms with Gasteiger partial charge < -0.3 is 15.1 Å². The molecule has 0 saturated carbocycles. The standard InChI is InChI=1S/C11H15BrN3O3PS/c1-3-11(4-2,19(16,17)18)15-9-7-5-8(12)20-10(7)14-6-13-9/h5-6H,3-4H2,1-2H3,(H,13,14,15)(H2,16,17,18). The molecule has 0 amide bonds. The van der Waals surface area contributed by atoms with Crippen molar-refractivity contribution in [2.24, 2.45) is 0 Å². The molecule has 0 aliphatic carbocycles. The van der Waals surface area contributed by atoms with Gasteiger partial charge in [-0.25, -0.2) is 9.97 Å². The lowest BCUT2D eigenvalue weighted by molar-refractivity contribution is 0.326. The molecule has 0 aliphatic rings. The number of nitrogens with zero attached hydrogens (tertiary/aromatic N) is 2. The summed E-state index contributed by atoms with van der Waals surface area (Å²) in [6.07, 6.45) is 1.98. The van der Waals surface area contributed by atoms with Gasteiger partial charge in [0.1, 0.15) is 22.3 Å². The molecule has 2 rings (SSSR count). The lowest BCUT2D eigenvalue weighted by Gasteiger charge is -2.33. The summed E-state index contributed by atoms with van der Waals surface area (Å²) in [5.74, 6) is 0.448. The minimum Gasteiger partial charge on any atom is -0.353 e. The van der Waals surface area contributed by atoms with Gasteiger partial charge in [0.05, 0.1) is 9.17 Å². The Morgan fingerprint density at radius 2 is 2.05 bits per heavy atom. The average molecular weight is 380 g/mol. The second-order valence-corrected chi connectivity index (χ2v) is 8.75. The molecule has 0 unspecified atom stereocenters. The van der Waals surface area contributed by atoms with Crippen molar-refractivity contribution >= 4 is 50.9 Å².